The minimum Gasteiger partial charge on any atom is -0.344 e. The van der Waals surface area contributed by atoms with Crippen LogP contribution >= 0.6 is 0 Å². The molecule has 2 aromatic heterocycles. The Kier molecular flexibility index (Phi) is 34.0. The summed E-state index contributed by atoms with van der Waals surface area (Å²) in [5.74, 6) is 2.45. The van der Waals surface area contributed by atoms with Crippen LogP contribution in [0.5, 0.6) is 0 Å². The molecule has 0 aliphatic heterocycles. The Morgan fingerprint density at radius 2 is 1.44 bits per heavy atom. The largest absolute Gasteiger partial charge is 0.344 e. The second kappa shape index (κ2) is 32.8. The van der Waals surface area contributed by atoms with Crippen molar-refractivity contribution in [2.45, 2.75) is 193 Å². The zero-order valence-electron chi connectivity index (χ0n) is 34.4. The Balaban J connectivity index is -0.000000694. The van der Waals surface area contributed by atoms with Crippen molar-refractivity contribution >= 4 is 11.6 Å². The van der Waals surface area contributed by atoms with Crippen molar-refractivity contribution in [1.29, 1.82) is 5.41 Å². The molecular formula is C41H80N6O. The van der Waals surface area contributed by atoms with Gasteiger partial charge >= 0.3 is 0 Å². The highest BCUT2D eigenvalue weighted by Gasteiger charge is 2.20. The number of nitrogens with one attached hydrogen (secondary N) is 3. The number of carbonyl (C=O) groups excluding carboxylic acids is 1. The first-order valence-corrected chi connectivity index (χ1v) is 19.4. The third-order valence-electron chi connectivity index (χ3n) is 8.77. The van der Waals surface area contributed by atoms with Crippen LogP contribution < -0.4 is 5.32 Å². The molecule has 0 spiro atoms. The molecule has 3 N–H and O–H groups in total. The molecule has 0 aliphatic carbocycles. The fraction of sp³-hybridized carbons (Fsp3) is 0.756. The number of imidazole rings is 1. The molecule has 0 saturated carbocycles. The van der Waals surface area contributed by atoms with E-state index in [1.807, 2.05) is 47.7 Å². The van der Waals surface area contributed by atoms with Crippen molar-refractivity contribution in [1.82, 2.24) is 25.1 Å². The molecule has 0 fully saturated rings. The van der Waals surface area contributed by atoms with Gasteiger partial charge in [-0.05, 0) is 70.9 Å². The number of carbonyl (C=O) groups is 1. The molecule has 7 heteroatoms. The molecule has 7 nitrogen and oxygen atoms in total. The lowest BCUT2D eigenvalue weighted by Gasteiger charge is -2.18. The minimum absolute atomic E-state index is 0.0528. The van der Waals surface area contributed by atoms with Gasteiger partial charge in [0.05, 0.1) is 17.9 Å². The normalized spacial score (nSPS) is 12.6. The smallest absolute Gasteiger partial charge is 0.270 e. The first kappa shape index (κ1) is 49.7. The van der Waals surface area contributed by atoms with E-state index in [1.54, 1.807) is 16.9 Å². The summed E-state index contributed by atoms with van der Waals surface area (Å²) in [5, 5.41) is 14.6. The Hall–Kier alpha value is -2.70. The van der Waals surface area contributed by atoms with Crippen LogP contribution in [0.4, 0.5) is 0 Å². The standard InChI is InChI=1S/C18H29N5O.C9H20.C8H15N.C4H10.C2H6/c1-5-13(3)8-7-9-15(16-12-19-14(4)21-16)22-18(24)17-10-11-20-23(17)6-2;1-4-6-7-8-9(3)5-2;1-5-6(2)7(3)8(4)9;1-3-4-2;1-2/h10-13,15H,5-9H2,1-4H3,(H,19,21)(H,22,24);9H,4-8H2,1-3H3;9H,5H2,1-4H3;3-4H2,1-2H3;1-2H3. The van der Waals surface area contributed by atoms with Gasteiger partial charge in [-0.3, -0.25) is 9.48 Å². The van der Waals surface area contributed by atoms with E-state index in [-0.39, 0.29) is 11.9 Å². The summed E-state index contributed by atoms with van der Waals surface area (Å²) >= 11 is 0. The highest BCUT2D eigenvalue weighted by atomic mass is 16.2. The third kappa shape index (κ3) is 24.4. The minimum atomic E-state index is -0.0878. The van der Waals surface area contributed by atoms with E-state index < -0.39 is 0 Å². The summed E-state index contributed by atoms with van der Waals surface area (Å²) in [6, 6.07) is 1.70. The van der Waals surface area contributed by atoms with Gasteiger partial charge in [0.1, 0.15) is 11.5 Å². The number of hydrogen-bond acceptors (Lipinski definition) is 4. The molecule has 2 aromatic rings. The number of hydrogen-bond donors (Lipinski definition) is 3. The maximum absolute atomic E-state index is 12.6. The zero-order chi connectivity index (χ0) is 37.5. The van der Waals surface area contributed by atoms with Gasteiger partial charge in [-0.25, -0.2) is 4.98 Å². The second-order valence-corrected chi connectivity index (χ2v) is 12.8. The SMILES string of the molecule is CC.CCC(C)=C(C)C(C)=N.CCC(C)CCCC(NC(=O)c1ccnn1CC)c1cnc(C)[nH]1.CCCC.CCCCCC(C)CC. The molecule has 0 saturated heterocycles. The molecule has 3 atom stereocenters. The van der Waals surface area contributed by atoms with Crippen molar-refractivity contribution in [3.05, 3.63) is 46.8 Å². The van der Waals surface area contributed by atoms with Crippen molar-refractivity contribution in [3.63, 3.8) is 0 Å². The summed E-state index contributed by atoms with van der Waals surface area (Å²) in [4.78, 5) is 20.2. The van der Waals surface area contributed by atoms with Crippen molar-refractivity contribution in [2.24, 2.45) is 11.8 Å². The Morgan fingerprint density at radius 1 is 0.875 bits per heavy atom. The Morgan fingerprint density at radius 3 is 1.83 bits per heavy atom. The maximum atomic E-state index is 12.6. The van der Waals surface area contributed by atoms with E-state index in [0.29, 0.717) is 23.9 Å². The summed E-state index contributed by atoms with van der Waals surface area (Å²) in [6.07, 6.45) is 18.5. The molecule has 2 rings (SSSR count). The molecular weight excluding hydrogens is 592 g/mol. The van der Waals surface area contributed by atoms with E-state index >= 15 is 0 Å². The number of unbranched alkanes of at least 4 members (excludes halogenated alkanes) is 3. The van der Waals surface area contributed by atoms with Gasteiger partial charge in [0.25, 0.3) is 5.91 Å². The van der Waals surface area contributed by atoms with Crippen LogP contribution in [-0.4, -0.2) is 31.4 Å². The lowest BCUT2D eigenvalue weighted by atomic mass is 9.98. The highest BCUT2D eigenvalue weighted by molar-refractivity contribution is 5.95. The average Bonchev–Trinajstić information content (AvgIpc) is 3.77. The third-order valence-corrected chi connectivity index (χ3v) is 8.77. The maximum Gasteiger partial charge on any atom is 0.270 e. The number of aryl methyl sites for hydroxylation is 2. The molecule has 0 aliphatic rings. The van der Waals surface area contributed by atoms with E-state index in [1.165, 1.54) is 63.4 Å². The molecule has 0 aromatic carbocycles. The predicted octanol–water partition coefficient (Wildman–Crippen LogP) is 12.8. The van der Waals surface area contributed by atoms with Crippen molar-refractivity contribution < 1.29 is 4.79 Å². The predicted molar refractivity (Wildman–Crippen MR) is 212 cm³/mol. The fourth-order valence-corrected chi connectivity index (χ4v) is 4.34. The van der Waals surface area contributed by atoms with Crippen LogP contribution in [-0.2, 0) is 6.54 Å². The molecule has 3 unspecified atom stereocenters. The van der Waals surface area contributed by atoms with Gasteiger partial charge in [0.15, 0.2) is 0 Å². The topological polar surface area (TPSA) is 99.5 Å². The van der Waals surface area contributed by atoms with Gasteiger partial charge in [-0.1, -0.05) is 139 Å². The summed E-state index contributed by atoms with van der Waals surface area (Å²) in [6.45, 7) is 32.3. The van der Waals surface area contributed by atoms with Crippen LogP contribution in [0.1, 0.15) is 202 Å². The lowest BCUT2D eigenvalue weighted by molar-refractivity contribution is 0.0922. The Bertz CT molecular complexity index is 1060. The summed E-state index contributed by atoms with van der Waals surface area (Å²) in [7, 11) is 0. The van der Waals surface area contributed by atoms with Gasteiger partial charge in [0.2, 0.25) is 0 Å². The fourth-order valence-electron chi connectivity index (χ4n) is 4.34. The molecule has 48 heavy (non-hydrogen) atoms. The van der Waals surface area contributed by atoms with Gasteiger partial charge in [-0.15, -0.1) is 0 Å². The van der Waals surface area contributed by atoms with Crippen molar-refractivity contribution in [3.8, 4) is 0 Å². The van der Waals surface area contributed by atoms with Crippen LogP contribution in [0.25, 0.3) is 0 Å². The monoisotopic (exact) mass is 673 g/mol. The number of nitrogens with zero attached hydrogens (tertiary/aromatic N) is 3. The Labute approximate surface area is 298 Å². The molecule has 0 bridgehead atoms. The number of allylic oxidation sites excluding steroid dienone is 2. The molecule has 2 heterocycles. The van der Waals surface area contributed by atoms with Gasteiger partial charge < -0.3 is 15.7 Å². The van der Waals surface area contributed by atoms with E-state index in [4.69, 9.17) is 5.41 Å². The number of rotatable bonds is 17. The molecule has 1 amide bonds. The molecule has 0 radical (unpaired) electrons. The number of H-pyrrole nitrogens is 1. The summed E-state index contributed by atoms with van der Waals surface area (Å²) in [5.41, 5.74) is 4.71. The van der Waals surface area contributed by atoms with Crippen LogP contribution in [0.15, 0.2) is 29.6 Å². The number of amides is 1. The van der Waals surface area contributed by atoms with E-state index in [2.05, 4.69) is 82.7 Å². The number of aromatic amines is 1. The first-order valence-electron chi connectivity index (χ1n) is 19.4. The van der Waals surface area contributed by atoms with Gasteiger partial charge in [0, 0.05) is 18.5 Å². The zero-order valence-corrected chi connectivity index (χ0v) is 34.4. The molecule has 280 valence electrons. The van der Waals surface area contributed by atoms with Crippen LogP contribution in [0.3, 0.4) is 0 Å². The lowest BCUT2D eigenvalue weighted by Crippen LogP contribution is -2.30. The number of aromatic nitrogens is 4. The highest BCUT2D eigenvalue weighted by Crippen LogP contribution is 2.21. The first-order chi connectivity index (χ1) is 22.9. The summed E-state index contributed by atoms with van der Waals surface area (Å²) < 4.78 is 1.71. The van der Waals surface area contributed by atoms with Crippen LogP contribution in [0.2, 0.25) is 0 Å². The average molecular weight is 673 g/mol. The van der Waals surface area contributed by atoms with Crippen LogP contribution in [0, 0.1) is 24.2 Å². The van der Waals surface area contributed by atoms with E-state index in [0.717, 1.165) is 42.3 Å². The quantitative estimate of drug-likeness (QED) is 0.115. The van der Waals surface area contributed by atoms with Gasteiger partial charge in [-0.2, -0.15) is 5.10 Å². The second-order valence-electron chi connectivity index (χ2n) is 12.8. The van der Waals surface area contributed by atoms with E-state index in [9.17, 15) is 4.79 Å². The van der Waals surface area contributed by atoms with Crippen molar-refractivity contribution in [2.75, 3.05) is 0 Å².